The lowest BCUT2D eigenvalue weighted by molar-refractivity contribution is 0.367. The van der Waals surface area contributed by atoms with Crippen LogP contribution in [-0.4, -0.2) is 51.1 Å². The molecule has 1 aliphatic heterocycles. The molecule has 8 heteroatoms. The molecular weight excluding hydrogens is 350 g/mol. The van der Waals surface area contributed by atoms with Crippen LogP contribution in [0.5, 0.6) is 0 Å². The van der Waals surface area contributed by atoms with E-state index in [2.05, 4.69) is 44.5 Å². The molecule has 0 aliphatic carbocycles. The van der Waals surface area contributed by atoms with E-state index in [1.165, 1.54) is 0 Å². The second-order valence-electron chi connectivity index (χ2n) is 7.08. The third-order valence-corrected chi connectivity index (χ3v) is 5.19. The number of hydrogen-bond donors (Lipinski definition) is 2. The van der Waals surface area contributed by atoms with Gasteiger partial charge in [0.1, 0.15) is 0 Å². The van der Waals surface area contributed by atoms with E-state index < -0.39 is 0 Å². The van der Waals surface area contributed by atoms with E-state index in [-0.39, 0.29) is 0 Å². The van der Waals surface area contributed by atoms with Crippen LogP contribution in [0.3, 0.4) is 0 Å². The van der Waals surface area contributed by atoms with Crippen molar-refractivity contribution < 1.29 is 0 Å². The smallest absolute Gasteiger partial charge is 0.194 e. The molecule has 1 unspecified atom stereocenters. The molecule has 2 N–H and O–H groups in total. The summed E-state index contributed by atoms with van der Waals surface area (Å²) in [6, 6.07) is 6.37. The molecule has 0 spiro atoms. The number of aromatic amines is 1. The number of piperazine rings is 1. The SMILES string of the molecule is Cc1[nH]nc2ccc(-c3nnc(Cl)c(N4CCNC(C(C)C)C4)n3)cc12. The monoisotopic (exact) mass is 371 g/mol. The molecule has 26 heavy (non-hydrogen) atoms. The number of nitrogens with zero attached hydrogens (tertiary/aromatic N) is 5. The van der Waals surface area contributed by atoms with E-state index in [0.717, 1.165) is 41.8 Å². The predicted molar refractivity (Wildman–Crippen MR) is 104 cm³/mol. The Balaban J connectivity index is 1.70. The van der Waals surface area contributed by atoms with Gasteiger partial charge in [-0.25, -0.2) is 4.98 Å². The molecule has 136 valence electrons. The molecule has 0 saturated carbocycles. The summed E-state index contributed by atoms with van der Waals surface area (Å²) in [5, 5.41) is 20.6. The fourth-order valence-corrected chi connectivity index (χ4v) is 3.52. The molecular formula is C18H22ClN7. The van der Waals surface area contributed by atoms with Gasteiger partial charge in [-0.05, 0) is 31.0 Å². The van der Waals surface area contributed by atoms with Crippen LogP contribution in [0, 0.1) is 12.8 Å². The number of nitrogens with one attached hydrogen (secondary N) is 2. The summed E-state index contributed by atoms with van der Waals surface area (Å²) in [6.45, 7) is 9.04. The van der Waals surface area contributed by atoms with E-state index in [1.807, 2.05) is 25.1 Å². The first kappa shape index (κ1) is 17.2. The highest BCUT2D eigenvalue weighted by molar-refractivity contribution is 6.31. The van der Waals surface area contributed by atoms with Crippen LogP contribution in [0.2, 0.25) is 5.15 Å². The van der Waals surface area contributed by atoms with Crippen LogP contribution < -0.4 is 10.2 Å². The number of aryl methyl sites for hydroxylation is 1. The van der Waals surface area contributed by atoms with Gasteiger partial charge in [0.05, 0.1) is 5.52 Å². The zero-order valence-electron chi connectivity index (χ0n) is 15.1. The van der Waals surface area contributed by atoms with Gasteiger partial charge in [0.25, 0.3) is 0 Å². The van der Waals surface area contributed by atoms with Crippen molar-refractivity contribution in [1.29, 1.82) is 0 Å². The van der Waals surface area contributed by atoms with Crippen molar-refractivity contribution in [2.45, 2.75) is 26.8 Å². The van der Waals surface area contributed by atoms with Gasteiger partial charge in [0, 0.05) is 42.3 Å². The molecule has 7 nitrogen and oxygen atoms in total. The zero-order chi connectivity index (χ0) is 18.3. The molecule has 0 amide bonds. The van der Waals surface area contributed by atoms with Gasteiger partial charge >= 0.3 is 0 Å². The minimum atomic E-state index is 0.346. The fourth-order valence-electron chi connectivity index (χ4n) is 3.32. The lowest BCUT2D eigenvalue weighted by Crippen LogP contribution is -2.53. The van der Waals surface area contributed by atoms with Crippen LogP contribution in [0.4, 0.5) is 5.82 Å². The van der Waals surface area contributed by atoms with Gasteiger partial charge in [0.2, 0.25) is 0 Å². The summed E-state index contributed by atoms with van der Waals surface area (Å²) >= 11 is 6.33. The van der Waals surface area contributed by atoms with Crippen LogP contribution in [0.15, 0.2) is 18.2 Å². The summed E-state index contributed by atoms with van der Waals surface area (Å²) in [5.41, 5.74) is 2.85. The number of benzene rings is 1. The summed E-state index contributed by atoms with van der Waals surface area (Å²) in [5.74, 6) is 1.82. The lowest BCUT2D eigenvalue weighted by Gasteiger charge is -2.36. The maximum Gasteiger partial charge on any atom is 0.194 e. The minimum absolute atomic E-state index is 0.346. The summed E-state index contributed by atoms with van der Waals surface area (Å²) in [4.78, 5) is 6.94. The van der Waals surface area contributed by atoms with Crippen molar-refractivity contribution in [3.8, 4) is 11.4 Å². The fraction of sp³-hybridized carbons (Fsp3) is 0.444. The van der Waals surface area contributed by atoms with Crippen LogP contribution in [0.1, 0.15) is 19.5 Å². The lowest BCUT2D eigenvalue weighted by atomic mass is 10.0. The molecule has 1 aromatic carbocycles. The molecule has 3 aromatic rings. The third kappa shape index (κ3) is 3.12. The Bertz CT molecular complexity index is 936. The Morgan fingerprint density at radius 2 is 2.12 bits per heavy atom. The second kappa shape index (κ2) is 6.81. The number of anilines is 1. The van der Waals surface area contributed by atoms with Crippen molar-refractivity contribution in [2.75, 3.05) is 24.5 Å². The van der Waals surface area contributed by atoms with Gasteiger partial charge in [-0.2, -0.15) is 5.10 Å². The van der Waals surface area contributed by atoms with Gasteiger partial charge < -0.3 is 10.2 Å². The Hall–Kier alpha value is -2.25. The van der Waals surface area contributed by atoms with E-state index in [0.29, 0.717) is 28.8 Å². The van der Waals surface area contributed by atoms with Gasteiger partial charge in [-0.15, -0.1) is 10.2 Å². The highest BCUT2D eigenvalue weighted by Crippen LogP contribution is 2.27. The molecule has 2 aromatic heterocycles. The quantitative estimate of drug-likeness (QED) is 0.736. The van der Waals surface area contributed by atoms with Crippen molar-refractivity contribution in [2.24, 2.45) is 5.92 Å². The average Bonchev–Trinajstić information content (AvgIpc) is 3.03. The molecule has 1 atom stereocenters. The zero-order valence-corrected chi connectivity index (χ0v) is 15.9. The maximum atomic E-state index is 6.33. The largest absolute Gasteiger partial charge is 0.351 e. The van der Waals surface area contributed by atoms with Crippen LogP contribution in [-0.2, 0) is 0 Å². The van der Waals surface area contributed by atoms with Crippen molar-refractivity contribution in [3.63, 3.8) is 0 Å². The van der Waals surface area contributed by atoms with Gasteiger partial charge in [0.15, 0.2) is 16.8 Å². The highest BCUT2D eigenvalue weighted by Gasteiger charge is 2.25. The Kier molecular flexibility index (Phi) is 4.50. The van der Waals surface area contributed by atoms with E-state index in [4.69, 9.17) is 16.6 Å². The number of rotatable bonds is 3. The number of hydrogen-bond acceptors (Lipinski definition) is 6. The van der Waals surface area contributed by atoms with Crippen LogP contribution >= 0.6 is 11.6 Å². The third-order valence-electron chi connectivity index (χ3n) is 4.94. The molecule has 1 fully saturated rings. The average molecular weight is 372 g/mol. The van der Waals surface area contributed by atoms with Crippen molar-refractivity contribution >= 4 is 28.3 Å². The normalized spacial score (nSPS) is 18.0. The van der Waals surface area contributed by atoms with E-state index in [9.17, 15) is 0 Å². The highest BCUT2D eigenvalue weighted by atomic mass is 35.5. The number of aromatic nitrogens is 5. The molecule has 0 bridgehead atoms. The molecule has 1 saturated heterocycles. The first-order valence-electron chi connectivity index (χ1n) is 8.86. The van der Waals surface area contributed by atoms with E-state index in [1.54, 1.807) is 0 Å². The minimum Gasteiger partial charge on any atom is -0.351 e. The standard InChI is InChI=1S/C18H22ClN7/c1-10(2)15-9-26(7-6-20-15)18-16(19)24-25-17(21-18)12-4-5-14-13(8-12)11(3)22-23-14/h4-5,8,10,15,20H,6-7,9H2,1-3H3,(H,22,23). The molecule has 4 rings (SSSR count). The first-order chi connectivity index (χ1) is 12.5. The Morgan fingerprint density at radius 3 is 2.92 bits per heavy atom. The van der Waals surface area contributed by atoms with Gasteiger partial charge in [-0.1, -0.05) is 25.4 Å². The topological polar surface area (TPSA) is 82.6 Å². The molecule has 3 heterocycles. The van der Waals surface area contributed by atoms with Crippen LogP contribution in [0.25, 0.3) is 22.3 Å². The maximum absolute atomic E-state index is 6.33. The number of halogens is 1. The summed E-state index contributed by atoms with van der Waals surface area (Å²) in [7, 11) is 0. The van der Waals surface area contributed by atoms with E-state index >= 15 is 0 Å². The van der Waals surface area contributed by atoms with Crippen molar-refractivity contribution in [3.05, 3.63) is 29.0 Å². The molecule has 0 radical (unpaired) electrons. The summed E-state index contributed by atoms with van der Waals surface area (Å²) < 4.78 is 0. The van der Waals surface area contributed by atoms with Crippen molar-refractivity contribution in [1.82, 2.24) is 30.7 Å². The second-order valence-corrected chi connectivity index (χ2v) is 7.44. The summed E-state index contributed by atoms with van der Waals surface area (Å²) in [6.07, 6.45) is 0. The van der Waals surface area contributed by atoms with Gasteiger partial charge in [-0.3, -0.25) is 5.10 Å². The predicted octanol–water partition coefficient (Wildman–Crippen LogP) is 2.81. The first-order valence-corrected chi connectivity index (χ1v) is 9.24. The number of H-pyrrole nitrogens is 1. The Labute approximate surface area is 157 Å². The number of fused-ring (bicyclic) bond motifs is 1. The molecule has 1 aliphatic rings. The Morgan fingerprint density at radius 1 is 1.27 bits per heavy atom.